The lowest BCUT2D eigenvalue weighted by Crippen LogP contribution is -2.21. The van der Waals surface area contributed by atoms with E-state index in [9.17, 15) is 0 Å². The maximum atomic E-state index is 2.51. The lowest BCUT2D eigenvalue weighted by molar-refractivity contribution is 0.639. The molecule has 116 valence electrons. The summed E-state index contributed by atoms with van der Waals surface area (Å²) in [6.45, 7) is 18.9. The minimum Gasteiger partial charge on any atom is -0.0659 e. The molecule has 0 saturated carbocycles. The second-order valence-corrected chi connectivity index (χ2v) is 10.7. The Kier molecular flexibility index (Phi) is 4.82. The highest BCUT2D eigenvalue weighted by Gasteiger charge is 2.31. The van der Waals surface area contributed by atoms with E-state index in [4.69, 9.17) is 0 Å². The summed E-state index contributed by atoms with van der Waals surface area (Å²) in [6, 6.07) is 0. The van der Waals surface area contributed by atoms with Gasteiger partial charge in [-0.1, -0.05) is 59.4 Å². The van der Waals surface area contributed by atoms with Crippen molar-refractivity contribution in [2.24, 2.45) is 11.8 Å². The van der Waals surface area contributed by atoms with Crippen LogP contribution in [0.4, 0.5) is 0 Å². The molecular formula is C20H32Si. The molecule has 4 unspecified atom stereocenters. The molecule has 0 aromatic carbocycles. The summed E-state index contributed by atoms with van der Waals surface area (Å²) in [6.07, 6.45) is 4.82. The van der Waals surface area contributed by atoms with Gasteiger partial charge in [0, 0.05) is 21.4 Å². The monoisotopic (exact) mass is 300 g/mol. The standard InChI is InChI=1S/C20H32Si/c1-11-9-13(3)19(15(11)5)17(7)21-18(8)20-14(4)10-12(2)16(20)6/h9-10,17-20H,21H2,1-8H3. The van der Waals surface area contributed by atoms with Gasteiger partial charge in [0.25, 0.3) is 0 Å². The Morgan fingerprint density at radius 1 is 0.714 bits per heavy atom. The maximum absolute atomic E-state index is 2.51. The van der Waals surface area contributed by atoms with Crippen LogP contribution in [0.2, 0.25) is 11.1 Å². The molecule has 0 aromatic heterocycles. The molecule has 0 bridgehead atoms. The third-order valence-electron chi connectivity index (χ3n) is 5.93. The highest BCUT2D eigenvalue weighted by atomic mass is 28.2. The van der Waals surface area contributed by atoms with Gasteiger partial charge in [0.1, 0.15) is 0 Å². The fourth-order valence-corrected chi connectivity index (χ4v) is 8.04. The van der Waals surface area contributed by atoms with Gasteiger partial charge in [0.15, 0.2) is 0 Å². The lowest BCUT2D eigenvalue weighted by atomic mass is 9.93. The lowest BCUT2D eigenvalue weighted by Gasteiger charge is -2.29. The number of rotatable bonds is 4. The van der Waals surface area contributed by atoms with Crippen molar-refractivity contribution >= 4 is 9.52 Å². The fourth-order valence-electron chi connectivity index (χ4n) is 4.87. The van der Waals surface area contributed by atoms with Crippen molar-refractivity contribution in [2.45, 2.75) is 66.5 Å². The second-order valence-electron chi connectivity index (χ2n) is 7.65. The van der Waals surface area contributed by atoms with Gasteiger partial charge >= 0.3 is 0 Å². The van der Waals surface area contributed by atoms with Crippen LogP contribution in [-0.2, 0) is 0 Å². The maximum Gasteiger partial charge on any atom is 0.0280 e. The van der Waals surface area contributed by atoms with Crippen LogP contribution in [0.3, 0.4) is 0 Å². The van der Waals surface area contributed by atoms with Crippen molar-refractivity contribution in [1.29, 1.82) is 0 Å². The number of hydrogen-bond acceptors (Lipinski definition) is 0. The first-order valence-corrected chi connectivity index (χ1v) is 10.1. The first-order chi connectivity index (χ1) is 9.73. The molecule has 0 spiro atoms. The van der Waals surface area contributed by atoms with Crippen LogP contribution in [0, 0.1) is 11.8 Å². The summed E-state index contributed by atoms with van der Waals surface area (Å²) in [5.41, 5.74) is 11.2. The Morgan fingerprint density at radius 3 is 1.29 bits per heavy atom. The van der Waals surface area contributed by atoms with E-state index in [0.29, 0.717) is 0 Å². The van der Waals surface area contributed by atoms with E-state index in [1.54, 1.807) is 22.3 Å². The predicted molar refractivity (Wildman–Crippen MR) is 98.6 cm³/mol. The average molecular weight is 301 g/mol. The van der Waals surface area contributed by atoms with Gasteiger partial charge in [-0.3, -0.25) is 0 Å². The minimum atomic E-state index is -0.121. The van der Waals surface area contributed by atoms with E-state index in [1.165, 1.54) is 11.1 Å². The molecule has 0 nitrogen and oxygen atoms in total. The SMILES string of the molecule is CC1=CC(C)=C(C)C1C(C)[SiH2]C(C)C1C(C)=CC(C)=C1C. The Morgan fingerprint density at radius 2 is 1.05 bits per heavy atom. The Labute approximate surface area is 133 Å². The van der Waals surface area contributed by atoms with E-state index in [2.05, 4.69) is 67.5 Å². The average Bonchev–Trinajstić information content (AvgIpc) is 2.76. The highest BCUT2D eigenvalue weighted by Crippen LogP contribution is 2.44. The quantitative estimate of drug-likeness (QED) is 0.593. The Bertz CT molecular complexity index is 506. The number of allylic oxidation sites excluding steroid dienone is 8. The summed E-state index contributed by atoms with van der Waals surface area (Å²) in [4.78, 5) is 0. The smallest absolute Gasteiger partial charge is 0.0280 e. The first kappa shape index (κ1) is 16.5. The van der Waals surface area contributed by atoms with E-state index >= 15 is 0 Å². The van der Waals surface area contributed by atoms with E-state index < -0.39 is 0 Å². The minimum absolute atomic E-state index is 0.121. The molecule has 0 saturated heterocycles. The summed E-state index contributed by atoms with van der Waals surface area (Å²) >= 11 is 0. The zero-order chi connectivity index (χ0) is 15.9. The zero-order valence-corrected chi connectivity index (χ0v) is 16.6. The van der Waals surface area contributed by atoms with Gasteiger partial charge in [-0.25, -0.2) is 0 Å². The molecule has 0 aromatic rings. The van der Waals surface area contributed by atoms with Gasteiger partial charge in [0.2, 0.25) is 0 Å². The molecule has 0 amide bonds. The van der Waals surface area contributed by atoms with Crippen LogP contribution in [0.5, 0.6) is 0 Å². The molecular weight excluding hydrogens is 268 g/mol. The molecule has 21 heavy (non-hydrogen) atoms. The summed E-state index contributed by atoms with van der Waals surface area (Å²) in [5.74, 6) is 1.46. The Hall–Kier alpha value is -0.823. The number of hydrogen-bond donors (Lipinski definition) is 0. The van der Waals surface area contributed by atoms with E-state index in [1.807, 2.05) is 0 Å². The molecule has 1 heteroatoms. The largest absolute Gasteiger partial charge is 0.0659 e. The molecule has 2 aliphatic rings. The topological polar surface area (TPSA) is 0 Å². The molecule has 0 heterocycles. The summed E-state index contributed by atoms with van der Waals surface area (Å²) < 4.78 is 0. The van der Waals surface area contributed by atoms with Crippen LogP contribution in [0.15, 0.2) is 45.6 Å². The van der Waals surface area contributed by atoms with Crippen LogP contribution in [-0.4, -0.2) is 9.52 Å². The summed E-state index contributed by atoms with van der Waals surface area (Å²) in [5, 5.41) is 0. The molecule has 2 rings (SSSR count). The van der Waals surface area contributed by atoms with Gasteiger partial charge < -0.3 is 0 Å². The second kappa shape index (κ2) is 6.12. The molecule has 0 N–H and O–H groups in total. The van der Waals surface area contributed by atoms with Crippen molar-refractivity contribution in [3.8, 4) is 0 Å². The Balaban J connectivity index is 2.09. The zero-order valence-electron chi connectivity index (χ0n) is 15.2. The normalized spacial score (nSPS) is 29.5. The predicted octanol–water partition coefficient (Wildman–Crippen LogP) is 5.60. The fraction of sp³-hybridized carbons (Fsp3) is 0.600. The van der Waals surface area contributed by atoms with Gasteiger partial charge in [-0.2, -0.15) is 0 Å². The van der Waals surface area contributed by atoms with Crippen molar-refractivity contribution in [3.05, 3.63) is 45.6 Å². The molecule has 2 aliphatic carbocycles. The third kappa shape index (κ3) is 3.04. The van der Waals surface area contributed by atoms with Crippen LogP contribution < -0.4 is 0 Å². The highest BCUT2D eigenvalue weighted by molar-refractivity contribution is 6.40. The third-order valence-corrected chi connectivity index (χ3v) is 8.36. The van der Waals surface area contributed by atoms with E-state index in [0.717, 1.165) is 22.9 Å². The first-order valence-electron chi connectivity index (χ1n) is 8.45. The van der Waals surface area contributed by atoms with Crippen LogP contribution in [0.1, 0.15) is 55.4 Å². The molecule has 0 radical (unpaired) electrons. The molecule has 0 aliphatic heterocycles. The summed E-state index contributed by atoms with van der Waals surface area (Å²) in [7, 11) is -0.121. The van der Waals surface area contributed by atoms with Crippen molar-refractivity contribution in [2.75, 3.05) is 0 Å². The van der Waals surface area contributed by atoms with Gasteiger partial charge in [-0.05, 0) is 52.6 Å². The van der Waals surface area contributed by atoms with Crippen LogP contribution >= 0.6 is 0 Å². The molecule has 4 atom stereocenters. The van der Waals surface area contributed by atoms with Crippen LogP contribution in [0.25, 0.3) is 0 Å². The van der Waals surface area contributed by atoms with Gasteiger partial charge in [0.05, 0.1) is 0 Å². The van der Waals surface area contributed by atoms with Crippen molar-refractivity contribution in [3.63, 3.8) is 0 Å². The van der Waals surface area contributed by atoms with Gasteiger partial charge in [-0.15, -0.1) is 0 Å². The van der Waals surface area contributed by atoms with Crippen molar-refractivity contribution in [1.82, 2.24) is 0 Å². The van der Waals surface area contributed by atoms with Crippen molar-refractivity contribution < 1.29 is 0 Å². The van der Waals surface area contributed by atoms with E-state index in [-0.39, 0.29) is 9.52 Å². The molecule has 0 fully saturated rings.